The summed E-state index contributed by atoms with van der Waals surface area (Å²) < 4.78 is 0. The highest BCUT2D eigenvalue weighted by molar-refractivity contribution is 6.04. The summed E-state index contributed by atoms with van der Waals surface area (Å²) in [6.45, 7) is 0. The molecule has 2 rings (SSSR count). The van der Waals surface area contributed by atoms with Gasteiger partial charge in [0.05, 0.1) is 0 Å². The Balaban J connectivity index is 2.27. The number of para-hydroxylation sites is 1. The van der Waals surface area contributed by atoms with E-state index in [1.165, 1.54) is 0 Å². The Morgan fingerprint density at radius 3 is 2.43 bits per heavy atom. The van der Waals surface area contributed by atoms with Crippen molar-refractivity contribution in [3.63, 3.8) is 0 Å². The number of aromatic nitrogens is 1. The zero-order valence-electron chi connectivity index (χ0n) is 10.9. The van der Waals surface area contributed by atoms with Crippen LogP contribution in [0.3, 0.4) is 0 Å². The number of carbonyl (C=O) groups excluding carboxylic acids is 1. The van der Waals surface area contributed by atoms with Gasteiger partial charge in [0.2, 0.25) is 0 Å². The number of benzene rings is 1. The van der Waals surface area contributed by atoms with Crippen LogP contribution < -0.4 is 5.73 Å². The molecule has 0 aliphatic heterocycles. The predicted molar refractivity (Wildman–Crippen MR) is 73.7 cm³/mol. The summed E-state index contributed by atoms with van der Waals surface area (Å²) in [5.74, 6) is -5.55. The Labute approximate surface area is 119 Å². The minimum Gasteiger partial charge on any atom is -0.481 e. The first-order chi connectivity index (χ1) is 9.91. The van der Waals surface area contributed by atoms with Crippen LogP contribution in [0.1, 0.15) is 5.56 Å². The molecule has 0 saturated heterocycles. The highest BCUT2D eigenvalue weighted by atomic mass is 16.4. The standard InChI is InChI=1S/C14H14N2O5/c15-12(14(20)21)11(13(18)19)10(17)5-7-6-16-9-4-2-1-3-8(7)9/h1-4,6,11-12,16H,5,15H2,(H,18,19)(H,20,21)/t11?,12-/m0/s1. The quantitative estimate of drug-likeness (QED) is 0.569. The molecule has 2 aromatic rings. The molecule has 0 bridgehead atoms. The number of ketones is 1. The molecular weight excluding hydrogens is 276 g/mol. The fourth-order valence-corrected chi connectivity index (χ4v) is 2.21. The third kappa shape index (κ3) is 2.92. The monoisotopic (exact) mass is 290 g/mol. The zero-order chi connectivity index (χ0) is 15.6. The molecule has 0 aliphatic rings. The van der Waals surface area contributed by atoms with Crippen molar-refractivity contribution in [2.24, 2.45) is 11.7 Å². The summed E-state index contributed by atoms with van der Waals surface area (Å²) >= 11 is 0. The van der Waals surface area contributed by atoms with Crippen molar-refractivity contribution in [2.45, 2.75) is 12.5 Å². The molecule has 5 N–H and O–H groups in total. The summed E-state index contributed by atoms with van der Waals surface area (Å²) in [5, 5.41) is 18.6. The number of carboxylic acids is 2. The largest absolute Gasteiger partial charge is 0.481 e. The number of H-pyrrole nitrogens is 1. The third-order valence-corrected chi connectivity index (χ3v) is 3.30. The molecule has 2 atom stereocenters. The summed E-state index contributed by atoms with van der Waals surface area (Å²) in [7, 11) is 0. The molecule has 7 nitrogen and oxygen atoms in total. The van der Waals surface area contributed by atoms with Gasteiger partial charge in [0, 0.05) is 23.5 Å². The second kappa shape index (κ2) is 5.76. The molecule has 1 heterocycles. The number of hydrogen-bond acceptors (Lipinski definition) is 4. The normalized spacial score (nSPS) is 13.8. The van der Waals surface area contributed by atoms with Crippen molar-refractivity contribution in [3.8, 4) is 0 Å². The molecule has 0 amide bonds. The van der Waals surface area contributed by atoms with E-state index in [2.05, 4.69) is 4.98 Å². The van der Waals surface area contributed by atoms with Gasteiger partial charge >= 0.3 is 11.9 Å². The average Bonchev–Trinajstić information content (AvgIpc) is 2.82. The van der Waals surface area contributed by atoms with Crippen molar-refractivity contribution < 1.29 is 24.6 Å². The summed E-state index contributed by atoms with van der Waals surface area (Å²) in [4.78, 5) is 37.0. The van der Waals surface area contributed by atoms with E-state index < -0.39 is 29.7 Å². The molecular formula is C14H14N2O5. The molecule has 1 aromatic heterocycles. The molecule has 1 aromatic carbocycles. The van der Waals surface area contributed by atoms with Gasteiger partial charge in [-0.1, -0.05) is 18.2 Å². The number of aliphatic carboxylic acids is 2. The van der Waals surface area contributed by atoms with Crippen molar-refractivity contribution in [2.75, 3.05) is 0 Å². The van der Waals surface area contributed by atoms with E-state index in [-0.39, 0.29) is 6.42 Å². The molecule has 1 unspecified atom stereocenters. The number of Topliss-reactive ketones (excluding diaryl/α,β-unsaturated/α-hetero) is 1. The highest BCUT2D eigenvalue weighted by Gasteiger charge is 2.36. The van der Waals surface area contributed by atoms with Gasteiger partial charge in [-0.15, -0.1) is 0 Å². The van der Waals surface area contributed by atoms with Crippen molar-refractivity contribution in [3.05, 3.63) is 36.0 Å². The van der Waals surface area contributed by atoms with Crippen LogP contribution in [0.4, 0.5) is 0 Å². The summed E-state index contributed by atoms with van der Waals surface area (Å²) in [6.07, 6.45) is 1.41. The first-order valence-electron chi connectivity index (χ1n) is 6.20. The lowest BCUT2D eigenvalue weighted by atomic mass is 9.91. The smallest absolute Gasteiger partial charge is 0.321 e. The zero-order valence-corrected chi connectivity index (χ0v) is 10.9. The van der Waals surface area contributed by atoms with Gasteiger partial charge in [-0.05, 0) is 11.6 Å². The Bertz CT molecular complexity index is 706. The maximum atomic E-state index is 12.1. The summed E-state index contributed by atoms with van der Waals surface area (Å²) in [6, 6.07) is 5.47. The van der Waals surface area contributed by atoms with Gasteiger partial charge in [0.25, 0.3) is 0 Å². The van der Waals surface area contributed by atoms with Crippen LogP contribution in [0.5, 0.6) is 0 Å². The van der Waals surface area contributed by atoms with Crippen LogP contribution >= 0.6 is 0 Å². The van der Waals surface area contributed by atoms with E-state index >= 15 is 0 Å². The van der Waals surface area contributed by atoms with Crippen molar-refractivity contribution in [1.29, 1.82) is 0 Å². The Kier molecular flexibility index (Phi) is 4.04. The third-order valence-electron chi connectivity index (χ3n) is 3.30. The molecule has 110 valence electrons. The predicted octanol–water partition coefficient (Wildman–Crippen LogP) is 0.392. The molecule has 0 saturated carbocycles. The molecule has 0 fully saturated rings. The number of rotatable bonds is 6. The van der Waals surface area contributed by atoms with E-state index in [0.29, 0.717) is 5.56 Å². The van der Waals surface area contributed by atoms with Crippen LogP contribution in [-0.2, 0) is 20.8 Å². The molecule has 0 aliphatic carbocycles. The van der Waals surface area contributed by atoms with E-state index in [1.807, 2.05) is 12.1 Å². The van der Waals surface area contributed by atoms with Crippen molar-refractivity contribution >= 4 is 28.6 Å². The van der Waals surface area contributed by atoms with Crippen molar-refractivity contribution in [1.82, 2.24) is 4.98 Å². The number of nitrogens with two attached hydrogens (primary N) is 1. The SMILES string of the molecule is N[C@H](C(=O)O)C(C(=O)O)C(=O)Cc1c[nH]c2ccccc12. The fraction of sp³-hybridized carbons (Fsp3) is 0.214. The first kappa shape index (κ1) is 14.7. The van der Waals surface area contributed by atoms with Gasteiger partial charge in [-0.2, -0.15) is 0 Å². The number of aromatic amines is 1. The lowest BCUT2D eigenvalue weighted by molar-refractivity contribution is -0.153. The van der Waals surface area contributed by atoms with E-state index in [4.69, 9.17) is 15.9 Å². The van der Waals surface area contributed by atoms with Crippen LogP contribution in [0.2, 0.25) is 0 Å². The molecule has 0 radical (unpaired) electrons. The number of fused-ring (bicyclic) bond motifs is 1. The summed E-state index contributed by atoms with van der Waals surface area (Å²) in [5.41, 5.74) is 6.72. The number of hydrogen-bond donors (Lipinski definition) is 4. The Morgan fingerprint density at radius 2 is 1.81 bits per heavy atom. The molecule has 7 heteroatoms. The topological polar surface area (TPSA) is 133 Å². The Hall–Kier alpha value is -2.67. The second-order valence-corrected chi connectivity index (χ2v) is 4.68. The molecule has 0 spiro atoms. The minimum atomic E-state index is -1.77. The lowest BCUT2D eigenvalue weighted by Crippen LogP contribution is -2.46. The van der Waals surface area contributed by atoms with Crippen LogP contribution in [0.15, 0.2) is 30.5 Å². The van der Waals surface area contributed by atoms with Gasteiger partial charge in [0.15, 0.2) is 5.78 Å². The van der Waals surface area contributed by atoms with Gasteiger partial charge in [0.1, 0.15) is 12.0 Å². The Morgan fingerprint density at radius 1 is 1.14 bits per heavy atom. The maximum Gasteiger partial charge on any atom is 0.321 e. The maximum absolute atomic E-state index is 12.1. The van der Waals surface area contributed by atoms with E-state index in [9.17, 15) is 14.4 Å². The van der Waals surface area contributed by atoms with Crippen LogP contribution in [0, 0.1) is 5.92 Å². The highest BCUT2D eigenvalue weighted by Crippen LogP contribution is 2.20. The van der Waals surface area contributed by atoms with E-state index in [0.717, 1.165) is 10.9 Å². The molecule has 21 heavy (non-hydrogen) atoms. The minimum absolute atomic E-state index is 0.193. The number of carbonyl (C=O) groups is 3. The average molecular weight is 290 g/mol. The van der Waals surface area contributed by atoms with Gasteiger partial charge < -0.3 is 20.9 Å². The van der Waals surface area contributed by atoms with Crippen LogP contribution in [0.25, 0.3) is 10.9 Å². The first-order valence-corrected chi connectivity index (χ1v) is 6.20. The van der Waals surface area contributed by atoms with Crippen LogP contribution in [-0.4, -0.2) is 39.0 Å². The number of nitrogens with one attached hydrogen (secondary N) is 1. The van der Waals surface area contributed by atoms with Gasteiger partial charge in [-0.25, -0.2) is 0 Å². The number of carboxylic acid groups (broad SMARTS) is 2. The fourth-order valence-electron chi connectivity index (χ4n) is 2.21. The second-order valence-electron chi connectivity index (χ2n) is 4.68. The van der Waals surface area contributed by atoms with Gasteiger partial charge in [-0.3, -0.25) is 14.4 Å². The lowest BCUT2D eigenvalue weighted by Gasteiger charge is -2.15. The van der Waals surface area contributed by atoms with E-state index in [1.54, 1.807) is 18.3 Å².